The third-order valence-electron chi connectivity index (χ3n) is 3.39. The molecule has 0 radical (unpaired) electrons. The summed E-state index contributed by atoms with van der Waals surface area (Å²) < 4.78 is 31.3. The topological polar surface area (TPSA) is 121 Å². The number of hydrogen-bond acceptors (Lipinski definition) is 5. The second-order valence-electron chi connectivity index (χ2n) is 5.37. The maximum absolute atomic E-state index is 12.2. The molecule has 0 unspecified atom stereocenters. The Hall–Kier alpha value is -2.36. The van der Waals surface area contributed by atoms with E-state index in [0.717, 1.165) is 17.7 Å². The summed E-state index contributed by atoms with van der Waals surface area (Å²) in [7, 11) is -4.45. The molecular formula is C17H17NO6S2. The molecule has 138 valence electrons. The second kappa shape index (κ2) is 8.84. The van der Waals surface area contributed by atoms with E-state index in [-0.39, 0.29) is 11.3 Å². The minimum absolute atomic E-state index is 0.0561. The van der Waals surface area contributed by atoms with Crippen LogP contribution in [-0.2, 0) is 20.7 Å². The zero-order valence-corrected chi connectivity index (χ0v) is 15.2. The standard InChI is InChI=1S/C17H17NO6S2/c19-16(13-7-4-8-14(9-13)26(22,23)24)18-15(17(20)21)11-25-10-12-5-2-1-3-6-12/h1-9,15H,10-11H2,(H,18,19)(H,20,21)(H,22,23,24)/t15-/m0/s1. The van der Waals surface area contributed by atoms with Crippen LogP contribution in [0, 0.1) is 0 Å². The Morgan fingerprint density at radius 1 is 1.08 bits per heavy atom. The number of carbonyl (C=O) groups is 2. The van der Waals surface area contributed by atoms with Crippen molar-refractivity contribution in [2.24, 2.45) is 0 Å². The minimum Gasteiger partial charge on any atom is -0.480 e. The lowest BCUT2D eigenvalue weighted by atomic mass is 10.2. The maximum atomic E-state index is 12.2. The van der Waals surface area contributed by atoms with Crippen molar-refractivity contribution < 1.29 is 27.7 Å². The average molecular weight is 395 g/mol. The van der Waals surface area contributed by atoms with E-state index in [9.17, 15) is 23.1 Å². The van der Waals surface area contributed by atoms with E-state index >= 15 is 0 Å². The highest BCUT2D eigenvalue weighted by molar-refractivity contribution is 7.98. The van der Waals surface area contributed by atoms with Gasteiger partial charge in [-0.15, -0.1) is 0 Å². The Morgan fingerprint density at radius 3 is 2.38 bits per heavy atom. The summed E-state index contributed by atoms with van der Waals surface area (Å²) in [6.07, 6.45) is 0. The molecule has 0 aliphatic carbocycles. The van der Waals surface area contributed by atoms with E-state index in [2.05, 4.69) is 5.32 Å². The summed E-state index contributed by atoms with van der Waals surface area (Å²) in [4.78, 5) is 23.1. The first-order valence-corrected chi connectivity index (χ1v) is 10.1. The quantitative estimate of drug-likeness (QED) is 0.585. The molecule has 0 heterocycles. The van der Waals surface area contributed by atoms with E-state index in [0.29, 0.717) is 5.75 Å². The number of rotatable bonds is 8. The van der Waals surface area contributed by atoms with Crippen LogP contribution in [0.2, 0.25) is 0 Å². The van der Waals surface area contributed by atoms with Crippen molar-refractivity contribution >= 4 is 33.8 Å². The highest BCUT2D eigenvalue weighted by Crippen LogP contribution is 2.14. The lowest BCUT2D eigenvalue weighted by molar-refractivity contribution is -0.138. The van der Waals surface area contributed by atoms with Crippen molar-refractivity contribution in [1.82, 2.24) is 5.32 Å². The van der Waals surface area contributed by atoms with Gasteiger partial charge >= 0.3 is 5.97 Å². The number of hydrogen-bond donors (Lipinski definition) is 3. The molecular weight excluding hydrogens is 378 g/mol. The van der Waals surface area contributed by atoms with Crippen LogP contribution in [-0.4, -0.2) is 41.7 Å². The fourth-order valence-corrected chi connectivity index (χ4v) is 3.62. The molecule has 0 saturated carbocycles. The predicted octanol–water partition coefficient (Wildman–Crippen LogP) is 2.05. The van der Waals surface area contributed by atoms with Gasteiger partial charge in [-0.3, -0.25) is 9.35 Å². The van der Waals surface area contributed by atoms with Crippen molar-refractivity contribution in [3.63, 3.8) is 0 Å². The van der Waals surface area contributed by atoms with Crippen LogP contribution in [0.3, 0.4) is 0 Å². The van der Waals surface area contributed by atoms with Gasteiger partial charge in [0.15, 0.2) is 0 Å². The molecule has 0 fully saturated rings. The number of carboxylic acids is 1. The van der Waals surface area contributed by atoms with Gasteiger partial charge in [0.1, 0.15) is 6.04 Å². The van der Waals surface area contributed by atoms with E-state index in [1.54, 1.807) is 0 Å². The van der Waals surface area contributed by atoms with Gasteiger partial charge in [-0.05, 0) is 23.8 Å². The highest BCUT2D eigenvalue weighted by Gasteiger charge is 2.21. The number of nitrogens with one attached hydrogen (secondary N) is 1. The van der Waals surface area contributed by atoms with Crippen molar-refractivity contribution in [2.75, 3.05) is 5.75 Å². The molecule has 26 heavy (non-hydrogen) atoms. The van der Waals surface area contributed by atoms with Crippen molar-refractivity contribution in [3.05, 3.63) is 65.7 Å². The number of benzene rings is 2. The van der Waals surface area contributed by atoms with Crippen LogP contribution in [0.25, 0.3) is 0 Å². The van der Waals surface area contributed by atoms with E-state index < -0.39 is 32.9 Å². The molecule has 0 aliphatic heterocycles. The van der Waals surface area contributed by atoms with Crippen molar-refractivity contribution in [1.29, 1.82) is 0 Å². The Balaban J connectivity index is 2.00. The second-order valence-corrected chi connectivity index (χ2v) is 7.82. The molecule has 0 bridgehead atoms. The monoisotopic (exact) mass is 395 g/mol. The van der Waals surface area contributed by atoms with Crippen LogP contribution in [0.5, 0.6) is 0 Å². The van der Waals surface area contributed by atoms with Gasteiger partial charge in [0.05, 0.1) is 4.90 Å². The first kappa shape index (κ1) is 20.0. The molecule has 2 aromatic rings. The fourth-order valence-electron chi connectivity index (χ4n) is 2.08. The third kappa shape index (κ3) is 5.87. The summed E-state index contributed by atoms with van der Waals surface area (Å²) in [5.74, 6) is -1.18. The van der Waals surface area contributed by atoms with Crippen LogP contribution in [0.1, 0.15) is 15.9 Å². The molecule has 1 amide bonds. The molecule has 0 aliphatic rings. The number of amides is 1. The predicted molar refractivity (Wildman–Crippen MR) is 97.8 cm³/mol. The summed E-state index contributed by atoms with van der Waals surface area (Å²) in [6, 6.07) is 13.1. The zero-order chi connectivity index (χ0) is 19.2. The molecule has 1 atom stereocenters. The van der Waals surface area contributed by atoms with Crippen LogP contribution in [0.4, 0.5) is 0 Å². The molecule has 0 saturated heterocycles. The Kier molecular flexibility index (Phi) is 6.78. The summed E-state index contributed by atoms with van der Waals surface area (Å²) in [6.45, 7) is 0. The van der Waals surface area contributed by atoms with Gasteiger partial charge in [-0.1, -0.05) is 36.4 Å². The zero-order valence-electron chi connectivity index (χ0n) is 13.5. The van der Waals surface area contributed by atoms with Crippen LogP contribution < -0.4 is 5.32 Å². The number of carboxylic acid groups (broad SMARTS) is 1. The van der Waals surface area contributed by atoms with Gasteiger partial charge in [0.2, 0.25) is 0 Å². The fraction of sp³-hybridized carbons (Fsp3) is 0.176. The number of aliphatic carboxylic acids is 1. The van der Waals surface area contributed by atoms with E-state index in [1.807, 2.05) is 30.3 Å². The molecule has 0 spiro atoms. The van der Waals surface area contributed by atoms with Gasteiger partial charge in [-0.25, -0.2) is 4.79 Å². The molecule has 2 aromatic carbocycles. The molecule has 0 aromatic heterocycles. The molecule has 9 heteroatoms. The summed E-state index contributed by atoms with van der Waals surface area (Å²) in [5, 5.41) is 11.6. The smallest absolute Gasteiger partial charge is 0.327 e. The number of thioether (sulfide) groups is 1. The highest BCUT2D eigenvalue weighted by atomic mass is 32.2. The molecule has 2 rings (SSSR count). The SMILES string of the molecule is O=C(N[C@@H](CSCc1ccccc1)C(=O)O)c1cccc(S(=O)(=O)O)c1. The first-order valence-electron chi connectivity index (χ1n) is 7.50. The maximum Gasteiger partial charge on any atom is 0.327 e. The van der Waals surface area contributed by atoms with Gasteiger partial charge < -0.3 is 10.4 Å². The average Bonchev–Trinajstić information content (AvgIpc) is 2.61. The first-order chi connectivity index (χ1) is 12.3. The Labute approximate surface area is 155 Å². The Morgan fingerprint density at radius 2 is 1.77 bits per heavy atom. The van der Waals surface area contributed by atoms with Gasteiger partial charge in [-0.2, -0.15) is 20.2 Å². The number of carbonyl (C=O) groups excluding carboxylic acids is 1. The Bertz CT molecular complexity index is 883. The molecule has 3 N–H and O–H groups in total. The van der Waals surface area contributed by atoms with E-state index in [1.165, 1.54) is 23.9 Å². The lowest BCUT2D eigenvalue weighted by Gasteiger charge is -2.14. The van der Waals surface area contributed by atoms with Gasteiger partial charge in [0, 0.05) is 17.1 Å². The minimum atomic E-state index is -4.45. The molecule has 7 nitrogen and oxygen atoms in total. The van der Waals surface area contributed by atoms with Gasteiger partial charge in [0.25, 0.3) is 16.0 Å². The van der Waals surface area contributed by atoms with Crippen LogP contribution >= 0.6 is 11.8 Å². The summed E-state index contributed by atoms with van der Waals surface area (Å²) >= 11 is 1.36. The third-order valence-corrected chi connectivity index (χ3v) is 5.35. The normalized spacial score (nSPS) is 12.3. The van der Waals surface area contributed by atoms with Crippen molar-refractivity contribution in [2.45, 2.75) is 16.7 Å². The largest absolute Gasteiger partial charge is 0.480 e. The van der Waals surface area contributed by atoms with Crippen LogP contribution in [0.15, 0.2) is 59.5 Å². The van der Waals surface area contributed by atoms with Crippen molar-refractivity contribution in [3.8, 4) is 0 Å². The lowest BCUT2D eigenvalue weighted by Crippen LogP contribution is -2.42. The van der Waals surface area contributed by atoms with E-state index in [4.69, 9.17) is 4.55 Å². The summed E-state index contributed by atoms with van der Waals surface area (Å²) in [5.41, 5.74) is 0.980.